The Bertz CT molecular complexity index is 871. The molecule has 0 spiro atoms. The number of amides is 1. The highest BCUT2D eigenvalue weighted by Crippen LogP contribution is 2.24. The van der Waals surface area contributed by atoms with E-state index in [2.05, 4.69) is 10.2 Å². The van der Waals surface area contributed by atoms with Crippen molar-refractivity contribution in [3.8, 4) is 0 Å². The molecule has 1 fully saturated rings. The van der Waals surface area contributed by atoms with Gasteiger partial charge in [-0.25, -0.2) is 12.7 Å². The fourth-order valence-electron chi connectivity index (χ4n) is 3.40. The van der Waals surface area contributed by atoms with Gasteiger partial charge in [0, 0.05) is 26.2 Å². The van der Waals surface area contributed by atoms with Crippen LogP contribution in [0.15, 0.2) is 52.0 Å². The second-order valence-electron chi connectivity index (χ2n) is 7.15. The van der Waals surface area contributed by atoms with Gasteiger partial charge in [0.25, 0.3) is 5.91 Å². The Kier molecular flexibility index (Phi) is 6.53. The maximum Gasteiger partial charge on any atom is 0.251 e. The number of carbonyl (C=O) groups is 1. The molecule has 7 nitrogen and oxygen atoms in total. The molecule has 1 atom stereocenters. The van der Waals surface area contributed by atoms with Crippen LogP contribution in [0.3, 0.4) is 0 Å². The molecule has 0 bridgehead atoms. The van der Waals surface area contributed by atoms with E-state index >= 15 is 0 Å². The predicted molar refractivity (Wildman–Crippen MR) is 107 cm³/mol. The zero-order valence-corrected chi connectivity index (χ0v) is 17.1. The van der Waals surface area contributed by atoms with Crippen molar-refractivity contribution in [2.45, 2.75) is 30.2 Å². The Morgan fingerprint density at radius 1 is 1.14 bits per heavy atom. The number of carbonyl (C=O) groups excluding carboxylic acids is 1. The fourth-order valence-corrected chi connectivity index (χ4v) is 4.30. The average molecular weight is 406 g/mol. The monoisotopic (exact) mass is 405 g/mol. The third-order valence-corrected chi connectivity index (χ3v) is 6.88. The summed E-state index contributed by atoms with van der Waals surface area (Å²) in [6.45, 7) is 2.40. The van der Waals surface area contributed by atoms with Crippen molar-refractivity contribution < 1.29 is 17.6 Å². The SMILES string of the molecule is CN(C)S(=O)(=O)c1ccc(C(=O)NC[C@H](c2ccco2)N2CCCCC2)cc1. The summed E-state index contributed by atoms with van der Waals surface area (Å²) in [5.41, 5.74) is 0.426. The number of hydrogen-bond donors (Lipinski definition) is 1. The van der Waals surface area contributed by atoms with Gasteiger partial charge in [-0.3, -0.25) is 9.69 Å². The highest BCUT2D eigenvalue weighted by atomic mass is 32.2. The Morgan fingerprint density at radius 2 is 1.82 bits per heavy atom. The molecule has 1 N–H and O–H groups in total. The Balaban J connectivity index is 1.67. The third-order valence-electron chi connectivity index (χ3n) is 5.05. The maximum atomic E-state index is 12.6. The largest absolute Gasteiger partial charge is 0.468 e. The minimum atomic E-state index is -3.51. The molecular formula is C20H27N3O4S. The second kappa shape index (κ2) is 8.89. The smallest absolute Gasteiger partial charge is 0.251 e. The summed E-state index contributed by atoms with van der Waals surface area (Å²) >= 11 is 0. The third kappa shape index (κ3) is 4.63. The lowest BCUT2D eigenvalue weighted by molar-refractivity contribution is 0.0914. The van der Waals surface area contributed by atoms with Gasteiger partial charge in [-0.2, -0.15) is 0 Å². The first-order valence-corrected chi connectivity index (χ1v) is 10.9. The second-order valence-corrected chi connectivity index (χ2v) is 9.30. The van der Waals surface area contributed by atoms with Gasteiger partial charge < -0.3 is 9.73 Å². The quantitative estimate of drug-likeness (QED) is 0.765. The molecule has 0 saturated carbocycles. The summed E-state index contributed by atoms with van der Waals surface area (Å²) in [5.74, 6) is 0.608. The first-order chi connectivity index (χ1) is 13.4. The Labute approximate surface area is 166 Å². The summed E-state index contributed by atoms with van der Waals surface area (Å²) in [5, 5.41) is 2.97. The predicted octanol–water partition coefficient (Wildman–Crippen LogP) is 2.49. The van der Waals surface area contributed by atoms with Crippen LogP contribution in [0.1, 0.15) is 41.4 Å². The van der Waals surface area contributed by atoms with Crippen LogP contribution in [-0.2, 0) is 10.0 Å². The van der Waals surface area contributed by atoms with E-state index in [1.165, 1.54) is 44.8 Å². The van der Waals surface area contributed by atoms with Crippen LogP contribution < -0.4 is 5.32 Å². The maximum absolute atomic E-state index is 12.6. The number of rotatable bonds is 7. The molecular weight excluding hydrogens is 378 g/mol. The van der Waals surface area contributed by atoms with Crippen molar-refractivity contribution in [1.29, 1.82) is 0 Å². The molecule has 2 heterocycles. The molecule has 1 aliphatic rings. The van der Waals surface area contributed by atoms with E-state index in [1.807, 2.05) is 12.1 Å². The number of benzene rings is 1. The van der Waals surface area contributed by atoms with Gasteiger partial charge in [0.15, 0.2) is 0 Å². The van der Waals surface area contributed by atoms with Gasteiger partial charge in [0.2, 0.25) is 10.0 Å². The van der Waals surface area contributed by atoms with Crippen LogP contribution in [0.4, 0.5) is 0 Å². The molecule has 1 aliphatic heterocycles. The van der Waals surface area contributed by atoms with E-state index < -0.39 is 10.0 Å². The van der Waals surface area contributed by atoms with Gasteiger partial charge in [0.05, 0.1) is 17.2 Å². The van der Waals surface area contributed by atoms with Gasteiger partial charge in [-0.15, -0.1) is 0 Å². The van der Waals surface area contributed by atoms with E-state index in [-0.39, 0.29) is 16.8 Å². The summed E-state index contributed by atoms with van der Waals surface area (Å²) in [6, 6.07) is 9.78. The molecule has 8 heteroatoms. The van der Waals surface area contributed by atoms with E-state index in [4.69, 9.17) is 4.42 Å². The molecule has 3 rings (SSSR count). The molecule has 0 unspecified atom stereocenters. The molecule has 0 radical (unpaired) electrons. The van der Waals surface area contributed by atoms with Crippen molar-refractivity contribution in [1.82, 2.24) is 14.5 Å². The minimum absolute atomic E-state index is 0.00681. The first kappa shape index (κ1) is 20.6. The molecule has 152 valence electrons. The molecule has 2 aromatic rings. The fraction of sp³-hybridized carbons (Fsp3) is 0.450. The zero-order valence-electron chi connectivity index (χ0n) is 16.3. The number of nitrogens with zero attached hydrogens (tertiary/aromatic N) is 2. The summed E-state index contributed by atoms with van der Waals surface area (Å²) < 4.78 is 31.0. The molecule has 1 amide bonds. The summed E-state index contributed by atoms with van der Waals surface area (Å²) in [6.07, 6.45) is 5.17. The van der Waals surface area contributed by atoms with Crippen molar-refractivity contribution in [3.05, 3.63) is 54.0 Å². The van der Waals surface area contributed by atoms with Crippen LogP contribution in [0.5, 0.6) is 0 Å². The van der Waals surface area contributed by atoms with Gasteiger partial charge in [-0.05, 0) is 62.3 Å². The van der Waals surface area contributed by atoms with Gasteiger partial charge >= 0.3 is 0 Å². The number of furan rings is 1. The first-order valence-electron chi connectivity index (χ1n) is 9.48. The number of sulfonamides is 1. The van der Waals surface area contributed by atoms with Crippen LogP contribution >= 0.6 is 0 Å². The van der Waals surface area contributed by atoms with E-state index in [0.29, 0.717) is 12.1 Å². The molecule has 1 saturated heterocycles. The zero-order chi connectivity index (χ0) is 20.1. The van der Waals surface area contributed by atoms with Crippen molar-refractivity contribution >= 4 is 15.9 Å². The molecule has 28 heavy (non-hydrogen) atoms. The number of piperidine rings is 1. The summed E-state index contributed by atoms with van der Waals surface area (Å²) in [4.78, 5) is 15.1. The van der Waals surface area contributed by atoms with E-state index in [1.54, 1.807) is 6.26 Å². The molecule has 1 aromatic heterocycles. The van der Waals surface area contributed by atoms with Gasteiger partial charge in [0.1, 0.15) is 5.76 Å². The highest BCUT2D eigenvalue weighted by Gasteiger charge is 2.25. The van der Waals surface area contributed by atoms with Crippen LogP contribution in [0, 0.1) is 0 Å². The highest BCUT2D eigenvalue weighted by molar-refractivity contribution is 7.89. The Hall–Kier alpha value is -2.16. The lowest BCUT2D eigenvalue weighted by Gasteiger charge is -2.33. The lowest BCUT2D eigenvalue weighted by atomic mass is 10.1. The van der Waals surface area contributed by atoms with Crippen LogP contribution in [-0.4, -0.2) is 57.3 Å². The summed E-state index contributed by atoms with van der Waals surface area (Å²) in [7, 11) is -0.552. The molecule has 0 aliphatic carbocycles. The minimum Gasteiger partial charge on any atom is -0.468 e. The number of nitrogens with one attached hydrogen (secondary N) is 1. The van der Waals surface area contributed by atoms with E-state index in [0.717, 1.165) is 36.0 Å². The molecule has 1 aromatic carbocycles. The number of likely N-dealkylation sites (tertiary alicyclic amines) is 1. The van der Waals surface area contributed by atoms with Gasteiger partial charge in [-0.1, -0.05) is 6.42 Å². The van der Waals surface area contributed by atoms with Crippen molar-refractivity contribution in [3.63, 3.8) is 0 Å². The number of hydrogen-bond acceptors (Lipinski definition) is 5. The topological polar surface area (TPSA) is 82.9 Å². The standard InChI is InChI=1S/C20H27N3O4S/c1-22(2)28(25,26)17-10-8-16(9-11-17)20(24)21-15-18(19-7-6-14-27-19)23-12-4-3-5-13-23/h6-11,14,18H,3-5,12-13,15H2,1-2H3,(H,21,24)/t18-/m1/s1. The van der Waals surface area contributed by atoms with Crippen molar-refractivity contribution in [2.24, 2.45) is 0 Å². The average Bonchev–Trinajstić information content (AvgIpc) is 3.23. The van der Waals surface area contributed by atoms with Crippen LogP contribution in [0.2, 0.25) is 0 Å². The van der Waals surface area contributed by atoms with Crippen LogP contribution in [0.25, 0.3) is 0 Å². The lowest BCUT2D eigenvalue weighted by Crippen LogP contribution is -2.40. The normalized spacial score (nSPS) is 16.8. The van der Waals surface area contributed by atoms with Crippen molar-refractivity contribution in [2.75, 3.05) is 33.7 Å². The Morgan fingerprint density at radius 3 is 2.39 bits per heavy atom. The van der Waals surface area contributed by atoms with E-state index in [9.17, 15) is 13.2 Å².